The van der Waals surface area contributed by atoms with Crippen molar-refractivity contribution >= 4 is 6.09 Å². The number of aryl methyl sites for hydroxylation is 1. The monoisotopic (exact) mass is 405 g/mol. The van der Waals surface area contributed by atoms with E-state index in [0.29, 0.717) is 6.54 Å². The van der Waals surface area contributed by atoms with Crippen molar-refractivity contribution in [2.24, 2.45) is 0 Å². The van der Waals surface area contributed by atoms with Crippen molar-refractivity contribution in [3.05, 3.63) is 34.9 Å². The first-order valence-corrected chi connectivity index (χ1v) is 10.8. The van der Waals surface area contributed by atoms with Crippen LogP contribution >= 0.6 is 0 Å². The molecular formula is C24H39NO4. The van der Waals surface area contributed by atoms with Crippen molar-refractivity contribution in [2.45, 2.75) is 97.0 Å². The molecule has 0 saturated heterocycles. The minimum absolute atomic E-state index is 0.194. The average Bonchev–Trinajstić information content (AvgIpc) is 2.63. The maximum absolute atomic E-state index is 13.0. The van der Waals surface area contributed by atoms with Gasteiger partial charge in [0.05, 0.1) is 6.10 Å². The van der Waals surface area contributed by atoms with Crippen LogP contribution < -0.4 is 0 Å². The Morgan fingerprint density at radius 3 is 2.52 bits per heavy atom. The van der Waals surface area contributed by atoms with Gasteiger partial charge in [0.15, 0.2) is 0 Å². The molecule has 0 aliphatic heterocycles. The van der Waals surface area contributed by atoms with E-state index >= 15 is 0 Å². The fraction of sp³-hybridized carbons (Fsp3) is 0.708. The minimum atomic E-state index is -0.771. The number of hydrogen-bond donors (Lipinski definition) is 1. The van der Waals surface area contributed by atoms with E-state index < -0.39 is 11.3 Å². The predicted molar refractivity (Wildman–Crippen MR) is 116 cm³/mol. The van der Waals surface area contributed by atoms with Gasteiger partial charge in [-0.25, -0.2) is 4.79 Å². The van der Waals surface area contributed by atoms with Gasteiger partial charge in [-0.15, -0.1) is 0 Å². The van der Waals surface area contributed by atoms with Crippen LogP contribution in [0, 0.1) is 0 Å². The number of benzene rings is 1. The van der Waals surface area contributed by atoms with Crippen LogP contribution in [0.5, 0.6) is 0 Å². The highest BCUT2D eigenvalue weighted by molar-refractivity contribution is 5.69. The SMILES string of the molecule is CCCC(CN(C(=O)OC(C)(C)C)C(C)(C)OC)c1ccc2c(c1)CCC(O)C2. The smallest absolute Gasteiger partial charge is 0.412 e. The van der Waals surface area contributed by atoms with Gasteiger partial charge in [-0.2, -0.15) is 0 Å². The Kier molecular flexibility index (Phi) is 7.74. The quantitative estimate of drug-likeness (QED) is 0.646. The fourth-order valence-electron chi connectivity index (χ4n) is 3.88. The van der Waals surface area contributed by atoms with Crippen molar-refractivity contribution in [1.82, 2.24) is 4.90 Å². The van der Waals surface area contributed by atoms with Crippen molar-refractivity contribution in [2.75, 3.05) is 13.7 Å². The molecule has 1 N–H and O–H groups in total. The van der Waals surface area contributed by atoms with Crippen molar-refractivity contribution in [3.63, 3.8) is 0 Å². The van der Waals surface area contributed by atoms with E-state index in [0.717, 1.165) is 32.1 Å². The number of ether oxygens (including phenoxy) is 2. The van der Waals surface area contributed by atoms with E-state index in [1.54, 1.807) is 12.0 Å². The molecule has 0 aromatic heterocycles. The predicted octanol–water partition coefficient (Wildman–Crippen LogP) is 5.04. The normalized spacial score (nSPS) is 18.1. The first-order chi connectivity index (χ1) is 13.5. The summed E-state index contributed by atoms with van der Waals surface area (Å²) in [6, 6.07) is 6.58. The molecule has 2 atom stereocenters. The van der Waals surface area contributed by atoms with Gasteiger partial charge in [-0.05, 0) is 77.0 Å². The second-order valence-electron chi connectivity index (χ2n) is 9.65. The third-order valence-corrected chi connectivity index (χ3v) is 5.71. The molecule has 1 aromatic carbocycles. The van der Waals surface area contributed by atoms with E-state index in [2.05, 4.69) is 25.1 Å². The van der Waals surface area contributed by atoms with Gasteiger partial charge in [0.25, 0.3) is 0 Å². The van der Waals surface area contributed by atoms with Crippen molar-refractivity contribution < 1.29 is 19.4 Å². The molecule has 0 bridgehead atoms. The van der Waals surface area contributed by atoms with Crippen LogP contribution in [-0.2, 0) is 22.3 Å². The number of carbonyl (C=O) groups is 1. The Labute approximate surface area is 176 Å². The number of hydrogen-bond acceptors (Lipinski definition) is 4. The topological polar surface area (TPSA) is 59.0 Å². The van der Waals surface area contributed by atoms with Crippen LogP contribution in [0.1, 0.15) is 83.4 Å². The van der Waals surface area contributed by atoms with Crippen LogP contribution in [0.3, 0.4) is 0 Å². The molecule has 2 unspecified atom stereocenters. The lowest BCUT2D eigenvalue weighted by atomic mass is 9.85. The molecule has 0 heterocycles. The van der Waals surface area contributed by atoms with E-state index in [9.17, 15) is 9.90 Å². The van der Waals surface area contributed by atoms with Gasteiger partial charge >= 0.3 is 6.09 Å². The molecule has 164 valence electrons. The summed E-state index contributed by atoms with van der Waals surface area (Å²) in [7, 11) is 1.62. The largest absolute Gasteiger partial charge is 0.444 e. The van der Waals surface area contributed by atoms with E-state index in [-0.39, 0.29) is 18.1 Å². The number of methoxy groups -OCH3 is 1. The Morgan fingerprint density at radius 2 is 1.93 bits per heavy atom. The summed E-state index contributed by atoms with van der Waals surface area (Å²) in [5.74, 6) is 0.194. The van der Waals surface area contributed by atoms with E-state index in [4.69, 9.17) is 9.47 Å². The molecule has 5 heteroatoms. The molecular weight excluding hydrogens is 366 g/mol. The number of carbonyl (C=O) groups excluding carboxylic acids is 1. The second kappa shape index (κ2) is 9.48. The zero-order valence-corrected chi connectivity index (χ0v) is 19.2. The van der Waals surface area contributed by atoms with Gasteiger partial charge in [-0.3, -0.25) is 4.90 Å². The summed E-state index contributed by atoms with van der Waals surface area (Å²) in [6.07, 6.45) is 3.86. The number of amides is 1. The van der Waals surface area contributed by atoms with Gasteiger partial charge in [0.2, 0.25) is 0 Å². The number of fused-ring (bicyclic) bond motifs is 1. The summed E-state index contributed by atoms with van der Waals surface area (Å²) in [5, 5.41) is 9.94. The minimum Gasteiger partial charge on any atom is -0.444 e. The molecule has 0 spiro atoms. The van der Waals surface area contributed by atoms with Gasteiger partial charge < -0.3 is 14.6 Å². The molecule has 0 saturated carbocycles. The molecule has 2 rings (SSSR count). The van der Waals surface area contributed by atoms with Gasteiger partial charge in [0, 0.05) is 19.6 Å². The highest BCUT2D eigenvalue weighted by atomic mass is 16.6. The van der Waals surface area contributed by atoms with Gasteiger partial charge in [0.1, 0.15) is 11.3 Å². The lowest BCUT2D eigenvalue weighted by Crippen LogP contribution is -2.52. The highest BCUT2D eigenvalue weighted by Gasteiger charge is 2.36. The van der Waals surface area contributed by atoms with E-state index in [1.807, 2.05) is 34.6 Å². The maximum Gasteiger partial charge on any atom is 0.412 e. The Balaban J connectivity index is 2.31. The lowest BCUT2D eigenvalue weighted by Gasteiger charge is -2.40. The number of nitrogens with zero attached hydrogens (tertiary/aromatic N) is 1. The number of aliphatic hydroxyl groups is 1. The summed E-state index contributed by atoms with van der Waals surface area (Å²) >= 11 is 0. The van der Waals surface area contributed by atoms with Crippen LogP contribution in [0.25, 0.3) is 0 Å². The van der Waals surface area contributed by atoms with Crippen LogP contribution in [0.4, 0.5) is 4.79 Å². The average molecular weight is 406 g/mol. The van der Waals surface area contributed by atoms with Crippen LogP contribution in [0.2, 0.25) is 0 Å². The zero-order chi connectivity index (χ0) is 21.8. The molecule has 1 amide bonds. The highest BCUT2D eigenvalue weighted by Crippen LogP contribution is 2.31. The van der Waals surface area contributed by atoms with Crippen molar-refractivity contribution in [1.29, 1.82) is 0 Å². The maximum atomic E-state index is 13.0. The molecule has 0 radical (unpaired) electrons. The Bertz CT molecular complexity index is 693. The number of rotatable bonds is 7. The standard InChI is InChI=1S/C24H39NO4/c1-8-9-20(18-10-11-19-15-21(26)13-12-17(19)14-18)16-25(24(5,6)28-7)22(27)29-23(2,3)4/h10-11,14,20-21,26H,8-9,12-13,15-16H2,1-7H3. The molecule has 29 heavy (non-hydrogen) atoms. The number of aliphatic hydroxyl groups excluding tert-OH is 1. The van der Waals surface area contributed by atoms with Gasteiger partial charge in [-0.1, -0.05) is 31.5 Å². The Hall–Kier alpha value is -1.59. The third-order valence-electron chi connectivity index (χ3n) is 5.71. The molecule has 5 nitrogen and oxygen atoms in total. The first kappa shape index (κ1) is 23.7. The van der Waals surface area contributed by atoms with Crippen molar-refractivity contribution in [3.8, 4) is 0 Å². The van der Waals surface area contributed by atoms with Crippen LogP contribution in [-0.4, -0.2) is 47.2 Å². The molecule has 0 fully saturated rings. The lowest BCUT2D eigenvalue weighted by molar-refractivity contribution is -0.109. The second-order valence-corrected chi connectivity index (χ2v) is 9.65. The summed E-state index contributed by atoms with van der Waals surface area (Å²) < 4.78 is 11.3. The van der Waals surface area contributed by atoms with Crippen LogP contribution in [0.15, 0.2) is 18.2 Å². The summed E-state index contributed by atoms with van der Waals surface area (Å²) in [6.45, 7) is 12.1. The summed E-state index contributed by atoms with van der Waals surface area (Å²) in [4.78, 5) is 14.7. The Morgan fingerprint density at radius 1 is 1.24 bits per heavy atom. The molecule has 1 aliphatic rings. The first-order valence-electron chi connectivity index (χ1n) is 10.8. The zero-order valence-electron chi connectivity index (χ0n) is 19.2. The third kappa shape index (κ3) is 6.45. The molecule has 1 aromatic rings. The van der Waals surface area contributed by atoms with E-state index in [1.165, 1.54) is 16.7 Å². The summed E-state index contributed by atoms with van der Waals surface area (Å²) in [5.41, 5.74) is 2.47. The fourth-order valence-corrected chi connectivity index (χ4v) is 3.88. The molecule has 1 aliphatic carbocycles.